The lowest BCUT2D eigenvalue weighted by atomic mass is 10.6. The molecule has 1 aromatic heterocycles. The van der Waals surface area contributed by atoms with Crippen molar-refractivity contribution in [2.24, 2.45) is 5.73 Å². The van der Waals surface area contributed by atoms with Crippen molar-refractivity contribution in [3.05, 3.63) is 5.89 Å². The minimum Gasteiger partial charge on any atom is -0.415 e. The Bertz CT molecular complexity index is 241. The number of nitrogens with zero attached hydrogens (tertiary/aromatic N) is 2. The Balaban J connectivity index is 2.20. The predicted molar refractivity (Wildman–Crippen MR) is 55.9 cm³/mol. The molecule has 0 spiro atoms. The molecule has 0 aliphatic carbocycles. The van der Waals surface area contributed by atoms with Crippen LogP contribution in [0.4, 0.5) is 0 Å². The summed E-state index contributed by atoms with van der Waals surface area (Å²) in [5, 5.41) is 8.24. The van der Waals surface area contributed by atoms with Crippen molar-refractivity contribution in [3.8, 4) is 0 Å². The zero-order valence-corrected chi connectivity index (χ0v) is 9.16. The highest BCUT2D eigenvalue weighted by atomic mass is 32.2. The Labute approximate surface area is 86.0 Å². The maximum absolute atomic E-state index is 5.33. The van der Waals surface area contributed by atoms with Crippen molar-refractivity contribution in [2.75, 3.05) is 17.8 Å². The van der Waals surface area contributed by atoms with Gasteiger partial charge in [0.15, 0.2) is 0 Å². The van der Waals surface area contributed by atoms with E-state index in [1.807, 2.05) is 11.8 Å². The Morgan fingerprint density at radius 2 is 2.23 bits per heavy atom. The molecule has 0 atom stereocenters. The Kier molecular flexibility index (Phi) is 5.26. The second kappa shape index (κ2) is 6.28. The van der Waals surface area contributed by atoms with E-state index in [-0.39, 0.29) is 0 Å². The molecule has 0 fully saturated rings. The quantitative estimate of drug-likeness (QED) is 0.576. The van der Waals surface area contributed by atoms with E-state index in [1.54, 1.807) is 11.8 Å². The van der Waals surface area contributed by atoms with Crippen molar-refractivity contribution in [2.45, 2.75) is 18.2 Å². The number of hydrogen-bond donors (Lipinski definition) is 1. The molecule has 0 aromatic carbocycles. The van der Waals surface area contributed by atoms with E-state index in [9.17, 15) is 0 Å². The SMILES string of the molecule is CSCCCSc1nnc(CN)o1. The van der Waals surface area contributed by atoms with Gasteiger partial charge in [-0.15, -0.1) is 10.2 Å². The highest BCUT2D eigenvalue weighted by Gasteiger charge is 2.03. The average molecular weight is 219 g/mol. The van der Waals surface area contributed by atoms with Crippen LogP contribution in [0.15, 0.2) is 9.64 Å². The van der Waals surface area contributed by atoms with Crippen molar-refractivity contribution < 1.29 is 4.42 Å². The van der Waals surface area contributed by atoms with Crippen LogP contribution in [0.2, 0.25) is 0 Å². The summed E-state index contributed by atoms with van der Waals surface area (Å²) in [4.78, 5) is 0. The molecule has 0 saturated heterocycles. The van der Waals surface area contributed by atoms with Crippen LogP contribution in [0.3, 0.4) is 0 Å². The van der Waals surface area contributed by atoms with Gasteiger partial charge in [0.05, 0.1) is 6.54 Å². The molecule has 0 saturated carbocycles. The van der Waals surface area contributed by atoms with Gasteiger partial charge in [-0.2, -0.15) is 11.8 Å². The smallest absolute Gasteiger partial charge is 0.276 e. The minimum atomic E-state index is 0.318. The summed E-state index contributed by atoms with van der Waals surface area (Å²) in [5.41, 5.74) is 5.33. The fraction of sp³-hybridized carbons (Fsp3) is 0.714. The summed E-state index contributed by atoms with van der Waals surface area (Å²) in [7, 11) is 0. The molecule has 4 nitrogen and oxygen atoms in total. The van der Waals surface area contributed by atoms with Crippen molar-refractivity contribution in [3.63, 3.8) is 0 Å². The van der Waals surface area contributed by atoms with Gasteiger partial charge in [-0.05, 0) is 18.4 Å². The molecular formula is C7H13N3OS2. The highest BCUT2D eigenvalue weighted by Crippen LogP contribution is 2.17. The molecule has 1 aromatic rings. The Morgan fingerprint density at radius 1 is 1.38 bits per heavy atom. The molecule has 0 radical (unpaired) electrons. The van der Waals surface area contributed by atoms with Crippen LogP contribution < -0.4 is 5.73 Å². The van der Waals surface area contributed by atoms with E-state index < -0.39 is 0 Å². The van der Waals surface area contributed by atoms with Crippen LogP contribution in [-0.2, 0) is 6.54 Å². The highest BCUT2D eigenvalue weighted by molar-refractivity contribution is 7.99. The maximum Gasteiger partial charge on any atom is 0.276 e. The molecule has 1 rings (SSSR count). The molecule has 0 amide bonds. The third kappa shape index (κ3) is 4.02. The van der Waals surface area contributed by atoms with Gasteiger partial charge in [0.25, 0.3) is 5.22 Å². The fourth-order valence-corrected chi connectivity index (χ4v) is 2.07. The lowest BCUT2D eigenvalue weighted by molar-refractivity contribution is 0.415. The number of aromatic nitrogens is 2. The first-order chi connectivity index (χ1) is 6.36. The molecule has 74 valence electrons. The van der Waals surface area contributed by atoms with Gasteiger partial charge in [-0.25, -0.2) is 0 Å². The normalized spacial score (nSPS) is 10.6. The van der Waals surface area contributed by atoms with Gasteiger partial charge in [0.2, 0.25) is 5.89 Å². The molecule has 0 aliphatic rings. The molecule has 0 unspecified atom stereocenters. The van der Waals surface area contributed by atoms with Crippen LogP contribution in [-0.4, -0.2) is 28.0 Å². The second-order valence-corrected chi connectivity index (χ2v) is 4.39. The van der Waals surface area contributed by atoms with Gasteiger partial charge >= 0.3 is 0 Å². The van der Waals surface area contributed by atoms with Crippen LogP contribution in [0.1, 0.15) is 12.3 Å². The third-order valence-electron chi connectivity index (χ3n) is 1.34. The predicted octanol–water partition coefficient (Wildman–Crippen LogP) is 1.37. The number of thioether (sulfide) groups is 2. The lowest BCUT2D eigenvalue weighted by Crippen LogP contribution is -1.95. The Morgan fingerprint density at radius 3 is 2.85 bits per heavy atom. The monoisotopic (exact) mass is 219 g/mol. The molecule has 13 heavy (non-hydrogen) atoms. The van der Waals surface area contributed by atoms with Crippen molar-refractivity contribution >= 4 is 23.5 Å². The van der Waals surface area contributed by atoms with Crippen molar-refractivity contribution in [1.29, 1.82) is 0 Å². The fourth-order valence-electron chi connectivity index (χ4n) is 0.742. The van der Waals surface area contributed by atoms with E-state index in [1.165, 1.54) is 5.75 Å². The van der Waals surface area contributed by atoms with E-state index >= 15 is 0 Å². The number of nitrogens with two attached hydrogens (primary N) is 1. The van der Waals surface area contributed by atoms with Gasteiger partial charge < -0.3 is 10.2 Å². The van der Waals surface area contributed by atoms with Gasteiger partial charge in [-0.1, -0.05) is 11.8 Å². The summed E-state index contributed by atoms with van der Waals surface area (Å²) in [5.74, 6) is 2.70. The summed E-state index contributed by atoms with van der Waals surface area (Å²) >= 11 is 3.43. The summed E-state index contributed by atoms with van der Waals surface area (Å²) in [6.45, 7) is 0.318. The summed E-state index contributed by atoms with van der Waals surface area (Å²) in [6.07, 6.45) is 3.26. The molecule has 6 heteroatoms. The van der Waals surface area contributed by atoms with E-state index in [2.05, 4.69) is 16.5 Å². The molecule has 1 heterocycles. The van der Waals surface area contributed by atoms with Crippen LogP contribution in [0.5, 0.6) is 0 Å². The first-order valence-electron chi connectivity index (χ1n) is 4.01. The zero-order chi connectivity index (χ0) is 9.52. The number of rotatable bonds is 6. The third-order valence-corrected chi connectivity index (χ3v) is 2.94. The van der Waals surface area contributed by atoms with Gasteiger partial charge in [0, 0.05) is 5.75 Å². The molecule has 2 N–H and O–H groups in total. The average Bonchev–Trinajstić information content (AvgIpc) is 2.60. The van der Waals surface area contributed by atoms with E-state index in [0.717, 1.165) is 12.2 Å². The molecular weight excluding hydrogens is 206 g/mol. The largest absolute Gasteiger partial charge is 0.415 e. The summed E-state index contributed by atoms with van der Waals surface area (Å²) in [6, 6.07) is 0. The van der Waals surface area contributed by atoms with Gasteiger partial charge in [0.1, 0.15) is 0 Å². The maximum atomic E-state index is 5.33. The van der Waals surface area contributed by atoms with Crippen LogP contribution >= 0.6 is 23.5 Å². The first kappa shape index (κ1) is 10.9. The van der Waals surface area contributed by atoms with Crippen LogP contribution in [0.25, 0.3) is 0 Å². The second-order valence-electron chi connectivity index (χ2n) is 2.36. The Hall–Kier alpha value is -0.200. The standard InChI is InChI=1S/C7H13N3OS2/c1-12-3-2-4-13-7-10-9-6(5-8)11-7/h2-5,8H2,1H3. The van der Waals surface area contributed by atoms with E-state index in [0.29, 0.717) is 17.7 Å². The number of hydrogen-bond acceptors (Lipinski definition) is 6. The van der Waals surface area contributed by atoms with Crippen molar-refractivity contribution in [1.82, 2.24) is 10.2 Å². The topological polar surface area (TPSA) is 64.9 Å². The molecule has 0 bridgehead atoms. The summed E-state index contributed by atoms with van der Waals surface area (Å²) < 4.78 is 5.22. The lowest BCUT2D eigenvalue weighted by Gasteiger charge is -1.93. The van der Waals surface area contributed by atoms with Crippen LogP contribution in [0, 0.1) is 0 Å². The van der Waals surface area contributed by atoms with E-state index in [4.69, 9.17) is 10.2 Å². The van der Waals surface area contributed by atoms with Gasteiger partial charge in [-0.3, -0.25) is 0 Å². The minimum absolute atomic E-state index is 0.318. The first-order valence-corrected chi connectivity index (χ1v) is 6.39. The zero-order valence-electron chi connectivity index (χ0n) is 7.52. The molecule has 0 aliphatic heterocycles.